The average Bonchev–Trinajstić information content (AvgIpc) is 2.78. The minimum Gasteiger partial charge on any atom is -0.352 e. The number of rotatable bonds is 6. The van der Waals surface area contributed by atoms with Crippen LogP contribution in [0.2, 0.25) is 0 Å². The van der Waals surface area contributed by atoms with Crippen LogP contribution in [0.4, 0.5) is 0 Å². The van der Waals surface area contributed by atoms with Crippen molar-refractivity contribution in [1.29, 1.82) is 0 Å². The number of carbonyl (C=O) groups excluding carboxylic acids is 1. The van der Waals surface area contributed by atoms with Gasteiger partial charge in [-0.2, -0.15) is 0 Å². The van der Waals surface area contributed by atoms with Crippen LogP contribution in [0.1, 0.15) is 15.9 Å². The van der Waals surface area contributed by atoms with E-state index in [4.69, 9.17) is 5.14 Å². The number of nitrogens with zero attached hydrogens (tertiary/aromatic N) is 1. The number of nitrogens with two attached hydrogens (primary N) is 1. The molecule has 0 radical (unpaired) electrons. The number of nitrogens with one attached hydrogen (secondary N) is 1. The van der Waals surface area contributed by atoms with Crippen molar-refractivity contribution in [3.63, 3.8) is 0 Å². The molecule has 31 heavy (non-hydrogen) atoms. The molecule has 1 amide bonds. The fourth-order valence-corrected chi connectivity index (χ4v) is 4.23. The lowest BCUT2D eigenvalue weighted by Crippen LogP contribution is -2.25. The lowest BCUT2D eigenvalue weighted by molar-refractivity contribution is 0.0954. The number of aromatic nitrogens is 1. The van der Waals surface area contributed by atoms with E-state index in [1.165, 1.54) is 6.07 Å². The number of benzene rings is 3. The molecule has 6 nitrogen and oxygen atoms in total. The van der Waals surface area contributed by atoms with E-state index in [0.29, 0.717) is 29.7 Å². The summed E-state index contributed by atoms with van der Waals surface area (Å²) in [5.74, 6) is -0.186. The summed E-state index contributed by atoms with van der Waals surface area (Å²) in [5, 5.41) is 10.4. The van der Waals surface area contributed by atoms with E-state index >= 15 is 0 Å². The molecule has 7 heteroatoms. The molecule has 1 aromatic heterocycles. The van der Waals surface area contributed by atoms with Crippen molar-refractivity contribution in [2.75, 3.05) is 6.54 Å². The highest BCUT2D eigenvalue weighted by Gasteiger charge is 2.15. The zero-order valence-corrected chi connectivity index (χ0v) is 17.5. The zero-order chi connectivity index (χ0) is 21.8. The lowest BCUT2D eigenvalue weighted by atomic mass is 10.0. The predicted molar refractivity (Wildman–Crippen MR) is 121 cm³/mol. The first kappa shape index (κ1) is 20.7. The molecule has 0 unspecified atom stereocenters. The minimum atomic E-state index is -3.84. The summed E-state index contributed by atoms with van der Waals surface area (Å²) >= 11 is 0. The molecule has 1 heterocycles. The van der Waals surface area contributed by atoms with Gasteiger partial charge in [0.05, 0.1) is 4.90 Å². The van der Waals surface area contributed by atoms with Crippen LogP contribution in [0, 0.1) is 0 Å². The van der Waals surface area contributed by atoms with Gasteiger partial charge < -0.3 is 5.32 Å². The molecule has 0 spiro atoms. The summed E-state index contributed by atoms with van der Waals surface area (Å²) in [6, 6.07) is 21.4. The van der Waals surface area contributed by atoms with Gasteiger partial charge >= 0.3 is 0 Å². The standard InChI is InChI=1S/C24H21N3O3S/c25-31(29,30)23-4-2-1-3-22(23)19-7-9-20(10-8-19)24(28)27-14-11-17-5-6-18-12-13-26-16-21(18)15-17/h1-10,12-13,15-16H,11,14H2,(H,27,28)(H2,25,29,30). The van der Waals surface area contributed by atoms with Crippen LogP contribution >= 0.6 is 0 Å². The highest BCUT2D eigenvalue weighted by atomic mass is 32.2. The van der Waals surface area contributed by atoms with E-state index in [1.807, 2.05) is 24.4 Å². The highest BCUT2D eigenvalue weighted by Crippen LogP contribution is 2.26. The van der Waals surface area contributed by atoms with Crippen LogP contribution in [0.5, 0.6) is 0 Å². The predicted octanol–water partition coefficient (Wildman–Crippen LogP) is 3.52. The molecule has 3 N–H and O–H groups in total. The van der Waals surface area contributed by atoms with Gasteiger partial charge in [-0.1, -0.05) is 42.5 Å². The molecule has 0 atom stereocenters. The Balaban J connectivity index is 1.42. The van der Waals surface area contributed by atoms with Gasteiger partial charge in [-0.3, -0.25) is 9.78 Å². The lowest BCUT2D eigenvalue weighted by Gasteiger charge is -2.09. The van der Waals surface area contributed by atoms with E-state index in [0.717, 1.165) is 16.3 Å². The Labute approximate surface area is 180 Å². The number of fused-ring (bicyclic) bond motifs is 1. The second-order valence-corrected chi connectivity index (χ2v) is 8.71. The van der Waals surface area contributed by atoms with Crippen molar-refractivity contribution in [3.05, 3.63) is 96.3 Å². The molecule has 0 saturated heterocycles. The maximum absolute atomic E-state index is 12.5. The SMILES string of the molecule is NS(=O)(=O)c1ccccc1-c1ccc(C(=O)NCCc2ccc3ccncc3c2)cc1. The minimum absolute atomic E-state index is 0.0535. The normalized spacial score (nSPS) is 11.4. The van der Waals surface area contributed by atoms with Crippen molar-refractivity contribution in [2.24, 2.45) is 5.14 Å². The number of hydrogen-bond acceptors (Lipinski definition) is 4. The second kappa shape index (κ2) is 8.67. The number of pyridine rings is 1. The molecule has 0 aliphatic heterocycles. The van der Waals surface area contributed by atoms with Crippen molar-refractivity contribution in [2.45, 2.75) is 11.3 Å². The van der Waals surface area contributed by atoms with Gasteiger partial charge in [0.2, 0.25) is 10.0 Å². The molecule has 0 saturated carbocycles. The first-order valence-corrected chi connectivity index (χ1v) is 11.3. The van der Waals surface area contributed by atoms with E-state index in [2.05, 4.69) is 16.4 Å². The fourth-order valence-electron chi connectivity index (χ4n) is 3.47. The van der Waals surface area contributed by atoms with Crippen LogP contribution in [-0.4, -0.2) is 25.9 Å². The molecule has 156 valence electrons. The summed E-state index contributed by atoms with van der Waals surface area (Å²) in [6.45, 7) is 0.501. The maximum Gasteiger partial charge on any atom is 0.251 e. The number of amides is 1. The molecule has 4 aromatic rings. The van der Waals surface area contributed by atoms with Gasteiger partial charge in [0, 0.05) is 35.5 Å². The quantitative estimate of drug-likeness (QED) is 0.488. The summed E-state index contributed by atoms with van der Waals surface area (Å²) in [5.41, 5.74) is 2.80. The summed E-state index contributed by atoms with van der Waals surface area (Å²) in [6.07, 6.45) is 4.30. The van der Waals surface area contributed by atoms with Gasteiger partial charge in [-0.25, -0.2) is 13.6 Å². The largest absolute Gasteiger partial charge is 0.352 e. The molecule has 0 aliphatic rings. The number of carbonyl (C=O) groups is 1. The zero-order valence-electron chi connectivity index (χ0n) is 16.7. The van der Waals surface area contributed by atoms with Gasteiger partial charge in [0.15, 0.2) is 0 Å². The number of hydrogen-bond donors (Lipinski definition) is 2. The smallest absolute Gasteiger partial charge is 0.251 e. The Hall–Kier alpha value is -3.55. The Morgan fingerprint density at radius 3 is 2.48 bits per heavy atom. The van der Waals surface area contributed by atoms with E-state index in [1.54, 1.807) is 48.7 Å². The molecule has 0 bridgehead atoms. The van der Waals surface area contributed by atoms with Gasteiger partial charge in [0.25, 0.3) is 5.91 Å². The van der Waals surface area contributed by atoms with Crippen LogP contribution in [0.3, 0.4) is 0 Å². The summed E-state index contributed by atoms with van der Waals surface area (Å²) < 4.78 is 23.6. The van der Waals surface area contributed by atoms with Crippen molar-refractivity contribution < 1.29 is 13.2 Å². The summed E-state index contributed by atoms with van der Waals surface area (Å²) in [7, 11) is -3.84. The molecular weight excluding hydrogens is 410 g/mol. The van der Waals surface area contributed by atoms with Gasteiger partial charge in [-0.05, 0) is 53.3 Å². The molecular formula is C24H21N3O3S. The topological polar surface area (TPSA) is 102 Å². The Morgan fingerprint density at radius 2 is 1.71 bits per heavy atom. The first-order chi connectivity index (χ1) is 14.9. The number of sulfonamides is 1. The Morgan fingerprint density at radius 1 is 0.935 bits per heavy atom. The van der Waals surface area contributed by atoms with E-state index in [-0.39, 0.29) is 10.8 Å². The van der Waals surface area contributed by atoms with Crippen LogP contribution in [-0.2, 0) is 16.4 Å². The van der Waals surface area contributed by atoms with Gasteiger partial charge in [-0.15, -0.1) is 0 Å². The fraction of sp³-hybridized carbons (Fsp3) is 0.0833. The molecule has 0 fully saturated rings. The summed E-state index contributed by atoms with van der Waals surface area (Å²) in [4.78, 5) is 16.7. The average molecular weight is 432 g/mol. The van der Waals surface area contributed by atoms with E-state index in [9.17, 15) is 13.2 Å². The maximum atomic E-state index is 12.5. The third-order valence-corrected chi connectivity index (χ3v) is 6.02. The van der Waals surface area contributed by atoms with Crippen LogP contribution < -0.4 is 10.5 Å². The second-order valence-electron chi connectivity index (χ2n) is 7.18. The van der Waals surface area contributed by atoms with Crippen molar-refractivity contribution in [1.82, 2.24) is 10.3 Å². The third-order valence-electron chi connectivity index (χ3n) is 5.06. The molecule has 0 aliphatic carbocycles. The molecule has 3 aromatic carbocycles. The van der Waals surface area contributed by atoms with E-state index < -0.39 is 10.0 Å². The number of primary sulfonamides is 1. The van der Waals surface area contributed by atoms with Crippen molar-refractivity contribution in [3.8, 4) is 11.1 Å². The van der Waals surface area contributed by atoms with Crippen LogP contribution in [0.15, 0.2) is 90.1 Å². The monoisotopic (exact) mass is 431 g/mol. The van der Waals surface area contributed by atoms with Crippen molar-refractivity contribution >= 4 is 26.7 Å². The molecule has 4 rings (SSSR count). The van der Waals surface area contributed by atoms with Gasteiger partial charge in [0.1, 0.15) is 0 Å². The van der Waals surface area contributed by atoms with Crippen LogP contribution in [0.25, 0.3) is 21.9 Å². The third kappa shape index (κ3) is 4.79. The Kier molecular flexibility index (Phi) is 5.79. The Bertz CT molecular complexity index is 1350. The first-order valence-electron chi connectivity index (χ1n) is 9.75. The highest BCUT2D eigenvalue weighted by molar-refractivity contribution is 7.89.